The minimum absolute atomic E-state index is 0.359. The van der Waals surface area contributed by atoms with Crippen molar-refractivity contribution >= 4 is 23.0 Å². The molecule has 0 fully saturated rings. The van der Waals surface area contributed by atoms with Gasteiger partial charge in [-0.15, -0.1) is 11.3 Å². The summed E-state index contributed by atoms with van der Waals surface area (Å²) in [6, 6.07) is 1.74. The van der Waals surface area contributed by atoms with Crippen LogP contribution in [0.2, 0.25) is 0 Å². The van der Waals surface area contributed by atoms with Gasteiger partial charge in [-0.3, -0.25) is 0 Å². The summed E-state index contributed by atoms with van der Waals surface area (Å²) in [5, 5.41) is 6.11. The van der Waals surface area contributed by atoms with Gasteiger partial charge in [0.25, 0.3) is 0 Å². The molecule has 2 heterocycles. The molecule has 0 aliphatic rings. The largest absolute Gasteiger partial charge is 0.374 e. The van der Waals surface area contributed by atoms with Gasteiger partial charge in [0.05, 0.1) is 6.54 Å². The lowest BCUT2D eigenvalue weighted by Crippen LogP contribution is -2.13. The smallest absolute Gasteiger partial charge is 0.158 e. The molecule has 0 bridgehead atoms. The van der Waals surface area contributed by atoms with E-state index in [-0.39, 0.29) is 0 Å². The number of nitrogens with two attached hydrogens (primary N) is 1. The molecule has 0 atom stereocenters. The average molecular weight is 280 g/mol. The molecule has 2 aromatic heterocycles. The Hall–Kier alpha value is -1.77. The number of thiazole rings is 1. The van der Waals surface area contributed by atoms with Crippen LogP contribution in [0.1, 0.15) is 17.8 Å². The van der Waals surface area contributed by atoms with Crippen LogP contribution in [0.15, 0.2) is 17.6 Å². The maximum atomic E-state index is 5.39. The van der Waals surface area contributed by atoms with Gasteiger partial charge < -0.3 is 15.5 Å². The predicted octanol–water partition coefficient (Wildman–Crippen LogP) is 1.37. The van der Waals surface area contributed by atoms with Gasteiger partial charge in [-0.25, -0.2) is 20.8 Å². The molecule has 0 aliphatic carbocycles. The molecule has 2 rings (SSSR count). The van der Waals surface area contributed by atoms with Gasteiger partial charge in [-0.1, -0.05) is 0 Å². The maximum Gasteiger partial charge on any atom is 0.158 e. The summed E-state index contributed by atoms with van der Waals surface area (Å²) in [5.41, 5.74) is 2.52. The topological polar surface area (TPSA) is 98.0 Å². The van der Waals surface area contributed by atoms with Gasteiger partial charge in [0.15, 0.2) is 5.82 Å². The summed E-state index contributed by atoms with van der Waals surface area (Å²) in [6.07, 6.45) is 1.77. The maximum absolute atomic E-state index is 5.39. The molecule has 4 N–H and O–H groups in total. The van der Waals surface area contributed by atoms with Crippen molar-refractivity contribution in [3.05, 3.63) is 28.5 Å². The van der Waals surface area contributed by atoms with Crippen molar-refractivity contribution in [1.29, 1.82) is 0 Å². The minimum Gasteiger partial charge on any atom is -0.374 e. The van der Waals surface area contributed by atoms with E-state index in [0.29, 0.717) is 37.2 Å². The molecule has 0 aliphatic heterocycles. The number of nitrogen functional groups attached to an aromatic ring is 1. The Bertz CT molecular complexity index is 504. The highest BCUT2D eigenvalue weighted by Gasteiger charge is 2.05. The Morgan fingerprint density at radius 1 is 1.37 bits per heavy atom. The zero-order valence-corrected chi connectivity index (χ0v) is 11.4. The van der Waals surface area contributed by atoms with Gasteiger partial charge in [0, 0.05) is 24.3 Å². The summed E-state index contributed by atoms with van der Waals surface area (Å²) >= 11 is 1.59. The number of rotatable bonds is 7. The highest BCUT2D eigenvalue weighted by atomic mass is 32.1. The first-order valence-electron chi connectivity index (χ1n) is 5.86. The van der Waals surface area contributed by atoms with E-state index in [1.165, 1.54) is 0 Å². The molecule has 19 heavy (non-hydrogen) atoms. The van der Waals surface area contributed by atoms with Crippen molar-refractivity contribution < 1.29 is 4.74 Å². The highest BCUT2D eigenvalue weighted by Crippen LogP contribution is 2.13. The quantitative estimate of drug-likeness (QED) is 0.520. The number of hydrogen-bond acceptors (Lipinski definition) is 8. The number of nitrogens with one attached hydrogen (secondary N) is 2. The molecule has 0 amide bonds. The van der Waals surface area contributed by atoms with Gasteiger partial charge in [0.1, 0.15) is 23.3 Å². The van der Waals surface area contributed by atoms with Gasteiger partial charge in [-0.05, 0) is 6.92 Å². The highest BCUT2D eigenvalue weighted by molar-refractivity contribution is 7.09. The van der Waals surface area contributed by atoms with Gasteiger partial charge in [0.2, 0.25) is 0 Å². The van der Waals surface area contributed by atoms with Crippen LogP contribution < -0.4 is 16.6 Å². The Labute approximate surface area is 115 Å². The fraction of sp³-hybridized carbons (Fsp3) is 0.364. The molecular formula is C11H16N6OS. The Morgan fingerprint density at radius 2 is 2.21 bits per heavy atom. The van der Waals surface area contributed by atoms with Crippen molar-refractivity contribution in [2.24, 2.45) is 5.84 Å². The van der Waals surface area contributed by atoms with E-state index >= 15 is 0 Å². The molecule has 0 radical (unpaired) electrons. The average Bonchev–Trinajstić information content (AvgIpc) is 2.96. The van der Waals surface area contributed by atoms with Crippen LogP contribution in [0, 0.1) is 0 Å². The van der Waals surface area contributed by atoms with Crippen LogP contribution in [-0.2, 0) is 17.9 Å². The zero-order valence-electron chi connectivity index (χ0n) is 10.6. The number of hydrogen-bond donors (Lipinski definition) is 3. The zero-order chi connectivity index (χ0) is 13.5. The second-order valence-corrected chi connectivity index (χ2v) is 4.59. The lowest BCUT2D eigenvalue weighted by molar-refractivity contribution is 0.128. The van der Waals surface area contributed by atoms with Gasteiger partial charge >= 0.3 is 0 Å². The summed E-state index contributed by atoms with van der Waals surface area (Å²) < 4.78 is 5.29. The first-order chi connectivity index (χ1) is 9.31. The molecule has 7 nitrogen and oxygen atoms in total. The fourth-order valence-corrected chi connectivity index (χ4v) is 1.98. The molecule has 0 saturated heterocycles. The van der Waals surface area contributed by atoms with Crippen molar-refractivity contribution in [3.63, 3.8) is 0 Å². The third-order valence-corrected chi connectivity index (χ3v) is 3.04. The van der Waals surface area contributed by atoms with Crippen LogP contribution in [0.5, 0.6) is 0 Å². The first kappa shape index (κ1) is 13.7. The van der Waals surface area contributed by atoms with Crippen LogP contribution in [-0.4, -0.2) is 21.6 Å². The summed E-state index contributed by atoms with van der Waals surface area (Å²) in [7, 11) is 0. The van der Waals surface area contributed by atoms with E-state index in [2.05, 4.69) is 25.7 Å². The van der Waals surface area contributed by atoms with Crippen LogP contribution in [0.25, 0.3) is 0 Å². The molecule has 0 spiro atoms. The Kier molecular flexibility index (Phi) is 5.01. The molecule has 0 aromatic carbocycles. The Balaban J connectivity index is 2.05. The molecule has 102 valence electrons. The normalized spacial score (nSPS) is 10.4. The van der Waals surface area contributed by atoms with Crippen LogP contribution in [0.4, 0.5) is 11.6 Å². The van der Waals surface area contributed by atoms with Crippen molar-refractivity contribution in [2.45, 2.75) is 20.1 Å². The van der Waals surface area contributed by atoms with Crippen molar-refractivity contribution in [1.82, 2.24) is 15.0 Å². The molecule has 8 heteroatoms. The second-order valence-electron chi connectivity index (χ2n) is 3.62. The standard InChI is InChI=1S/C11H16N6OS/c1-2-18-7-10-15-8(5-9(16-10)17-12)14-6-11-13-3-4-19-11/h3-5H,2,6-7,12H2,1H3,(H2,14,15,16,17). The molecule has 0 unspecified atom stereocenters. The van der Waals surface area contributed by atoms with Crippen LogP contribution >= 0.6 is 11.3 Å². The predicted molar refractivity (Wildman–Crippen MR) is 74.6 cm³/mol. The lowest BCUT2D eigenvalue weighted by atomic mass is 10.4. The van der Waals surface area contributed by atoms with E-state index in [4.69, 9.17) is 10.6 Å². The number of nitrogens with zero attached hydrogens (tertiary/aromatic N) is 3. The lowest BCUT2D eigenvalue weighted by Gasteiger charge is -2.08. The van der Waals surface area contributed by atoms with E-state index in [0.717, 1.165) is 5.01 Å². The third-order valence-electron chi connectivity index (χ3n) is 2.26. The number of hydrazine groups is 1. The monoisotopic (exact) mass is 280 g/mol. The van der Waals surface area contributed by atoms with E-state index < -0.39 is 0 Å². The second kappa shape index (κ2) is 6.98. The van der Waals surface area contributed by atoms with E-state index in [9.17, 15) is 0 Å². The van der Waals surface area contributed by atoms with Crippen molar-refractivity contribution in [2.75, 3.05) is 17.3 Å². The number of ether oxygens (including phenoxy) is 1. The fourth-order valence-electron chi connectivity index (χ4n) is 1.43. The number of anilines is 2. The molecular weight excluding hydrogens is 264 g/mol. The number of aromatic nitrogens is 3. The van der Waals surface area contributed by atoms with E-state index in [1.54, 1.807) is 23.6 Å². The van der Waals surface area contributed by atoms with Crippen LogP contribution in [0.3, 0.4) is 0 Å². The van der Waals surface area contributed by atoms with E-state index in [1.807, 2.05) is 12.3 Å². The summed E-state index contributed by atoms with van der Waals surface area (Å²) in [6.45, 7) is 3.52. The first-order valence-corrected chi connectivity index (χ1v) is 6.74. The van der Waals surface area contributed by atoms with Crippen molar-refractivity contribution in [3.8, 4) is 0 Å². The third kappa shape index (κ3) is 4.12. The molecule has 2 aromatic rings. The molecule has 0 saturated carbocycles. The SMILES string of the molecule is CCOCc1nc(NN)cc(NCc2nccs2)n1. The summed E-state index contributed by atoms with van der Waals surface area (Å²) in [4.78, 5) is 12.8. The van der Waals surface area contributed by atoms with Gasteiger partial charge in [-0.2, -0.15) is 0 Å². The Morgan fingerprint density at radius 3 is 2.89 bits per heavy atom. The summed E-state index contributed by atoms with van der Waals surface area (Å²) in [5.74, 6) is 7.21. The minimum atomic E-state index is 0.359.